The molecule has 0 amide bonds. The van der Waals surface area contributed by atoms with E-state index >= 15 is 0 Å². The molecule has 2 nitrogen and oxygen atoms in total. The van der Waals surface area contributed by atoms with Crippen LogP contribution < -0.4 is 24.0 Å². The Labute approximate surface area is 193 Å². The number of hydrogen-bond donors (Lipinski definition) is 0. The summed E-state index contributed by atoms with van der Waals surface area (Å²) in [6, 6.07) is 1.77. The fourth-order valence-electron chi connectivity index (χ4n) is 9.18. The first-order valence-corrected chi connectivity index (χ1v) is 12.0. The molecule has 4 saturated carbocycles. The maximum atomic E-state index is 2.73. The zero-order valence-corrected chi connectivity index (χ0v) is 22.3. The van der Waals surface area contributed by atoms with Crippen LogP contribution in [-0.4, -0.2) is 63.3 Å². The SMILES string of the molecule is CC12CCC([N+](C)(C)C)CC1CCC1C2CCC2(C)C1CCC2[N+](C)(C)C.[I-]. The molecular formula is C25H48IN2+. The summed E-state index contributed by atoms with van der Waals surface area (Å²) in [6.07, 6.45) is 13.5. The molecule has 0 aromatic rings. The molecular weight excluding hydrogens is 455 g/mol. The lowest BCUT2D eigenvalue weighted by Gasteiger charge is -2.61. The van der Waals surface area contributed by atoms with Gasteiger partial charge in [0.05, 0.1) is 54.4 Å². The molecule has 0 aromatic carbocycles. The Morgan fingerprint density at radius 1 is 0.643 bits per heavy atom. The van der Waals surface area contributed by atoms with Gasteiger partial charge >= 0.3 is 0 Å². The molecule has 164 valence electrons. The summed E-state index contributed by atoms with van der Waals surface area (Å²) < 4.78 is 2.35. The van der Waals surface area contributed by atoms with Gasteiger partial charge in [0.2, 0.25) is 0 Å². The summed E-state index contributed by atoms with van der Waals surface area (Å²) in [5.74, 6) is 4.05. The van der Waals surface area contributed by atoms with E-state index < -0.39 is 0 Å². The summed E-state index contributed by atoms with van der Waals surface area (Å²) in [5.41, 5.74) is 1.24. The molecule has 28 heavy (non-hydrogen) atoms. The van der Waals surface area contributed by atoms with Crippen molar-refractivity contribution in [3.63, 3.8) is 0 Å². The second kappa shape index (κ2) is 7.36. The highest BCUT2D eigenvalue weighted by atomic mass is 127. The fraction of sp³-hybridized carbons (Fsp3) is 1.00. The second-order valence-corrected chi connectivity index (χ2v) is 13.5. The van der Waals surface area contributed by atoms with Crippen molar-refractivity contribution in [3.8, 4) is 0 Å². The monoisotopic (exact) mass is 503 g/mol. The number of hydrogen-bond acceptors (Lipinski definition) is 0. The van der Waals surface area contributed by atoms with Gasteiger partial charge in [-0.2, -0.15) is 0 Å². The molecule has 4 aliphatic carbocycles. The number of quaternary nitrogens is 2. The highest BCUT2D eigenvalue weighted by Crippen LogP contribution is 2.67. The van der Waals surface area contributed by atoms with Gasteiger partial charge in [0.1, 0.15) is 0 Å². The van der Waals surface area contributed by atoms with Crippen LogP contribution in [0.4, 0.5) is 0 Å². The molecule has 0 spiro atoms. The lowest BCUT2D eigenvalue weighted by atomic mass is 9.44. The molecule has 0 aliphatic heterocycles. The third-order valence-electron chi connectivity index (χ3n) is 10.6. The lowest BCUT2D eigenvalue weighted by Crippen LogP contribution is -3.00. The molecule has 3 heteroatoms. The summed E-state index contributed by atoms with van der Waals surface area (Å²) in [4.78, 5) is 0. The number of rotatable bonds is 2. The van der Waals surface area contributed by atoms with Gasteiger partial charge in [0.25, 0.3) is 0 Å². The van der Waals surface area contributed by atoms with Crippen LogP contribution in [-0.2, 0) is 0 Å². The molecule has 4 fully saturated rings. The van der Waals surface area contributed by atoms with Crippen molar-refractivity contribution in [1.82, 2.24) is 0 Å². The predicted molar refractivity (Wildman–Crippen MR) is 115 cm³/mol. The van der Waals surface area contributed by atoms with Gasteiger partial charge in [0, 0.05) is 18.3 Å². The fourth-order valence-corrected chi connectivity index (χ4v) is 9.18. The molecule has 0 heterocycles. The molecule has 8 atom stereocenters. The van der Waals surface area contributed by atoms with Crippen LogP contribution in [0.3, 0.4) is 0 Å². The van der Waals surface area contributed by atoms with Crippen LogP contribution in [0.2, 0.25) is 0 Å². The van der Waals surface area contributed by atoms with Gasteiger partial charge in [-0.3, -0.25) is 0 Å². The Kier molecular flexibility index (Phi) is 6.13. The first kappa shape index (κ1) is 23.3. The summed E-state index contributed by atoms with van der Waals surface area (Å²) in [5, 5.41) is 0. The third-order valence-corrected chi connectivity index (χ3v) is 10.6. The third kappa shape index (κ3) is 3.51. The van der Waals surface area contributed by atoms with E-state index in [1.165, 1.54) is 60.3 Å². The molecule has 0 bridgehead atoms. The van der Waals surface area contributed by atoms with E-state index in [0.717, 1.165) is 35.8 Å². The van der Waals surface area contributed by atoms with Crippen molar-refractivity contribution in [1.29, 1.82) is 0 Å². The maximum absolute atomic E-state index is 2.73. The molecule has 4 aliphatic rings. The van der Waals surface area contributed by atoms with Gasteiger partial charge in [-0.05, 0) is 74.0 Å². The summed E-state index contributed by atoms with van der Waals surface area (Å²) in [7, 11) is 14.6. The smallest absolute Gasteiger partial charge is 0.0941 e. The Balaban J connectivity index is 0.00000225. The van der Waals surface area contributed by atoms with Crippen molar-refractivity contribution in [3.05, 3.63) is 0 Å². The average molecular weight is 504 g/mol. The molecule has 0 N–H and O–H groups in total. The van der Waals surface area contributed by atoms with E-state index in [1.54, 1.807) is 6.42 Å². The van der Waals surface area contributed by atoms with Crippen LogP contribution in [0.1, 0.15) is 71.6 Å². The van der Waals surface area contributed by atoms with E-state index in [4.69, 9.17) is 0 Å². The molecule has 0 radical (unpaired) electrons. The standard InChI is InChI=1S/C25H48N2.HI/c1-24-15-13-19(26(3,4)5)17-18(24)9-10-20-21-11-12-23(27(6,7)8)25(21,2)16-14-22(20)24;/h18-23H,9-17H2,1-8H3;1H/q+2;/p-1. The number of nitrogens with zero attached hydrogens (tertiary/aromatic N) is 2. The van der Waals surface area contributed by atoms with Crippen molar-refractivity contribution in [2.24, 2.45) is 34.5 Å². The minimum Gasteiger partial charge on any atom is -1.00 e. The largest absolute Gasteiger partial charge is 1.00 e. The molecule has 4 rings (SSSR count). The summed E-state index contributed by atoms with van der Waals surface area (Å²) in [6.45, 7) is 5.42. The van der Waals surface area contributed by atoms with Gasteiger partial charge in [-0.1, -0.05) is 13.8 Å². The Morgan fingerprint density at radius 2 is 1.25 bits per heavy atom. The van der Waals surface area contributed by atoms with Gasteiger partial charge in [-0.15, -0.1) is 0 Å². The first-order valence-electron chi connectivity index (χ1n) is 12.0. The number of halogens is 1. The van der Waals surface area contributed by atoms with E-state index in [0.29, 0.717) is 10.8 Å². The molecule has 0 aromatic heterocycles. The van der Waals surface area contributed by atoms with Crippen LogP contribution in [0.5, 0.6) is 0 Å². The Bertz CT molecular complexity index is 576. The van der Waals surface area contributed by atoms with E-state index in [-0.39, 0.29) is 24.0 Å². The second-order valence-electron chi connectivity index (χ2n) is 13.5. The van der Waals surface area contributed by atoms with Crippen molar-refractivity contribution >= 4 is 0 Å². The van der Waals surface area contributed by atoms with E-state index in [9.17, 15) is 0 Å². The highest BCUT2D eigenvalue weighted by molar-refractivity contribution is 5.09. The van der Waals surface area contributed by atoms with Crippen molar-refractivity contribution in [2.75, 3.05) is 42.3 Å². The normalized spacial score (nSPS) is 48.9. The van der Waals surface area contributed by atoms with Crippen LogP contribution in [0, 0.1) is 34.5 Å². The van der Waals surface area contributed by atoms with Gasteiger partial charge in [-0.25, -0.2) is 0 Å². The van der Waals surface area contributed by atoms with Crippen LogP contribution in [0.15, 0.2) is 0 Å². The average Bonchev–Trinajstić information content (AvgIpc) is 2.90. The van der Waals surface area contributed by atoms with Crippen LogP contribution >= 0.6 is 0 Å². The van der Waals surface area contributed by atoms with E-state index in [2.05, 4.69) is 56.1 Å². The lowest BCUT2D eigenvalue weighted by molar-refractivity contribution is -0.903. The van der Waals surface area contributed by atoms with Crippen LogP contribution in [0.25, 0.3) is 0 Å². The van der Waals surface area contributed by atoms with E-state index in [1.807, 2.05) is 0 Å². The minimum absolute atomic E-state index is 0. The predicted octanol–water partition coefficient (Wildman–Crippen LogP) is 2.18. The Hall–Kier alpha value is 0.650. The maximum Gasteiger partial charge on any atom is 0.0941 e. The van der Waals surface area contributed by atoms with Gasteiger partial charge < -0.3 is 32.9 Å². The summed E-state index contributed by atoms with van der Waals surface area (Å²) >= 11 is 0. The van der Waals surface area contributed by atoms with Crippen molar-refractivity contribution in [2.45, 2.75) is 83.7 Å². The quantitative estimate of drug-likeness (QED) is 0.401. The zero-order chi connectivity index (χ0) is 19.8. The van der Waals surface area contributed by atoms with Gasteiger partial charge in [0.15, 0.2) is 0 Å². The number of fused-ring (bicyclic) bond motifs is 5. The Morgan fingerprint density at radius 3 is 1.86 bits per heavy atom. The zero-order valence-electron chi connectivity index (χ0n) is 20.1. The van der Waals surface area contributed by atoms with Crippen molar-refractivity contribution < 1.29 is 32.9 Å². The molecule has 8 unspecified atom stereocenters. The highest BCUT2D eigenvalue weighted by Gasteiger charge is 2.63. The first-order chi connectivity index (χ1) is 12.4. The minimum atomic E-state index is 0. The molecule has 0 saturated heterocycles. The topological polar surface area (TPSA) is 0 Å².